The lowest BCUT2D eigenvalue weighted by molar-refractivity contribution is 0.470. The molecule has 26 heavy (non-hydrogen) atoms. The number of aromatic hydroxyl groups is 2. The maximum absolute atomic E-state index is 9.97. The van der Waals surface area contributed by atoms with Gasteiger partial charge in [-0.1, -0.05) is 53.7 Å². The minimum absolute atomic E-state index is 0.0855. The molecule has 2 aromatic rings. The van der Waals surface area contributed by atoms with Crippen LogP contribution in [0.1, 0.15) is 63.8 Å². The van der Waals surface area contributed by atoms with Crippen LogP contribution in [0.15, 0.2) is 36.4 Å². The second kappa shape index (κ2) is 6.83. The molecule has 0 amide bonds. The summed E-state index contributed by atoms with van der Waals surface area (Å²) in [5.41, 5.74) is 6.36. The van der Waals surface area contributed by atoms with Crippen molar-refractivity contribution in [2.45, 2.75) is 55.4 Å². The van der Waals surface area contributed by atoms with Crippen molar-refractivity contribution in [3.05, 3.63) is 58.7 Å². The molecule has 0 atom stereocenters. The number of aryl methyl sites for hydroxylation is 2. The molecule has 0 radical (unpaired) electrons. The molecule has 2 N–H and O–H groups in total. The Kier molecular flexibility index (Phi) is 5.28. The van der Waals surface area contributed by atoms with E-state index < -0.39 is 0 Å². The first-order chi connectivity index (χ1) is 11.8. The van der Waals surface area contributed by atoms with Crippen LogP contribution in [-0.2, 0) is 0 Å². The summed E-state index contributed by atoms with van der Waals surface area (Å²) < 4.78 is 0. The molecule has 0 aliphatic carbocycles. The Labute approximate surface area is 158 Å². The number of hydrogen-bond acceptors (Lipinski definition) is 2. The van der Waals surface area contributed by atoms with E-state index in [9.17, 15) is 10.2 Å². The standard InChI is InChI=1S/C24H32O2/c1-15-13-17(9-11-19(15)25)21(23(3,4)5)22(24(6,7)8)18-10-12-20(26)16(2)14-18/h9-14,25-26H,1-8H3. The first kappa shape index (κ1) is 20.1. The van der Waals surface area contributed by atoms with Crippen LogP contribution >= 0.6 is 0 Å². The van der Waals surface area contributed by atoms with Crippen LogP contribution in [0.3, 0.4) is 0 Å². The van der Waals surface area contributed by atoms with Crippen LogP contribution in [0, 0.1) is 24.7 Å². The number of phenolic OH excluding ortho intramolecular Hbond substituents is 2. The first-order valence-corrected chi connectivity index (χ1v) is 9.17. The molecule has 0 aromatic heterocycles. The predicted molar refractivity (Wildman–Crippen MR) is 111 cm³/mol. The topological polar surface area (TPSA) is 40.5 Å². The second-order valence-corrected chi connectivity index (χ2v) is 9.25. The molecular weight excluding hydrogens is 320 g/mol. The van der Waals surface area contributed by atoms with Gasteiger partial charge in [-0.25, -0.2) is 0 Å². The molecule has 2 aromatic carbocycles. The van der Waals surface area contributed by atoms with Gasteiger partial charge in [0.25, 0.3) is 0 Å². The zero-order valence-electron chi connectivity index (χ0n) is 17.4. The molecule has 0 saturated carbocycles. The average molecular weight is 353 g/mol. The highest BCUT2D eigenvalue weighted by Gasteiger charge is 2.30. The highest BCUT2D eigenvalue weighted by molar-refractivity contribution is 5.95. The molecular formula is C24H32O2. The van der Waals surface area contributed by atoms with Crippen molar-refractivity contribution in [1.29, 1.82) is 0 Å². The Hall–Kier alpha value is -2.22. The fourth-order valence-electron chi connectivity index (χ4n) is 3.53. The number of rotatable bonds is 2. The molecule has 0 spiro atoms. The molecule has 0 aliphatic heterocycles. The molecule has 0 fully saturated rings. The number of phenols is 2. The second-order valence-electron chi connectivity index (χ2n) is 9.25. The van der Waals surface area contributed by atoms with Crippen molar-refractivity contribution in [3.8, 4) is 11.5 Å². The Morgan fingerprint density at radius 1 is 0.615 bits per heavy atom. The van der Waals surface area contributed by atoms with Gasteiger partial charge in [-0.3, -0.25) is 0 Å². The van der Waals surface area contributed by atoms with Crippen molar-refractivity contribution in [2.24, 2.45) is 10.8 Å². The van der Waals surface area contributed by atoms with Gasteiger partial charge in [-0.05, 0) is 82.3 Å². The van der Waals surface area contributed by atoms with Crippen molar-refractivity contribution in [1.82, 2.24) is 0 Å². The third-order valence-electron chi connectivity index (χ3n) is 4.72. The third-order valence-corrected chi connectivity index (χ3v) is 4.72. The largest absolute Gasteiger partial charge is 0.508 e. The van der Waals surface area contributed by atoms with Gasteiger partial charge in [0, 0.05) is 0 Å². The van der Waals surface area contributed by atoms with E-state index in [-0.39, 0.29) is 10.8 Å². The molecule has 2 rings (SSSR count). The SMILES string of the molecule is Cc1cc(C(=C(c2ccc(O)c(C)c2)C(C)(C)C)C(C)(C)C)ccc1O. The van der Waals surface area contributed by atoms with Crippen LogP contribution < -0.4 is 0 Å². The minimum atomic E-state index is -0.0855. The first-order valence-electron chi connectivity index (χ1n) is 9.17. The van der Waals surface area contributed by atoms with Crippen molar-refractivity contribution < 1.29 is 10.2 Å². The highest BCUT2D eigenvalue weighted by Crippen LogP contribution is 2.48. The van der Waals surface area contributed by atoms with E-state index >= 15 is 0 Å². The molecule has 140 valence electrons. The maximum Gasteiger partial charge on any atom is 0.118 e. The Morgan fingerprint density at radius 3 is 1.15 bits per heavy atom. The van der Waals surface area contributed by atoms with Crippen LogP contribution in [0.2, 0.25) is 0 Å². The fraction of sp³-hybridized carbons (Fsp3) is 0.417. The van der Waals surface area contributed by atoms with E-state index in [2.05, 4.69) is 53.7 Å². The van der Waals surface area contributed by atoms with E-state index in [1.54, 1.807) is 12.1 Å². The molecule has 0 saturated heterocycles. The van der Waals surface area contributed by atoms with Gasteiger partial charge >= 0.3 is 0 Å². The number of allylic oxidation sites excluding steroid dienone is 2. The smallest absolute Gasteiger partial charge is 0.118 e. The van der Waals surface area contributed by atoms with E-state index in [1.165, 1.54) is 11.1 Å². The monoisotopic (exact) mass is 352 g/mol. The van der Waals surface area contributed by atoms with Gasteiger partial charge in [0.15, 0.2) is 0 Å². The number of benzene rings is 2. The molecule has 2 heteroatoms. The van der Waals surface area contributed by atoms with Crippen LogP contribution in [-0.4, -0.2) is 10.2 Å². The van der Waals surface area contributed by atoms with Crippen LogP contribution in [0.5, 0.6) is 11.5 Å². The van der Waals surface area contributed by atoms with Crippen LogP contribution in [0.25, 0.3) is 11.1 Å². The Balaban J connectivity index is 2.92. The third kappa shape index (κ3) is 4.12. The summed E-state index contributed by atoms with van der Waals surface area (Å²) in [5.74, 6) is 0.639. The Bertz CT molecular complexity index is 772. The van der Waals surface area contributed by atoms with Crippen molar-refractivity contribution in [2.75, 3.05) is 0 Å². The Morgan fingerprint density at radius 2 is 0.923 bits per heavy atom. The maximum atomic E-state index is 9.97. The van der Waals surface area contributed by atoms with Gasteiger partial charge in [0.1, 0.15) is 11.5 Å². The number of hydrogen-bond donors (Lipinski definition) is 2. The van der Waals surface area contributed by atoms with E-state index in [1.807, 2.05) is 26.0 Å². The molecule has 0 bridgehead atoms. The average Bonchev–Trinajstić information content (AvgIpc) is 2.48. The summed E-state index contributed by atoms with van der Waals surface area (Å²) in [6.45, 7) is 17.2. The summed E-state index contributed by atoms with van der Waals surface area (Å²) in [5, 5.41) is 19.9. The fourth-order valence-corrected chi connectivity index (χ4v) is 3.53. The summed E-state index contributed by atoms with van der Waals surface area (Å²) in [4.78, 5) is 0. The molecule has 0 heterocycles. The zero-order valence-corrected chi connectivity index (χ0v) is 17.4. The van der Waals surface area contributed by atoms with E-state index in [0.717, 1.165) is 22.3 Å². The lowest BCUT2D eigenvalue weighted by Crippen LogP contribution is -2.18. The summed E-state index contributed by atoms with van der Waals surface area (Å²) in [7, 11) is 0. The zero-order chi connectivity index (χ0) is 19.9. The normalized spacial score (nSPS) is 13.5. The van der Waals surface area contributed by atoms with Crippen molar-refractivity contribution in [3.63, 3.8) is 0 Å². The van der Waals surface area contributed by atoms with Crippen molar-refractivity contribution >= 4 is 11.1 Å². The molecule has 0 unspecified atom stereocenters. The summed E-state index contributed by atoms with van der Waals surface area (Å²) in [6.07, 6.45) is 0. The molecule has 2 nitrogen and oxygen atoms in total. The van der Waals surface area contributed by atoms with E-state index in [0.29, 0.717) is 11.5 Å². The van der Waals surface area contributed by atoms with Gasteiger partial charge in [-0.15, -0.1) is 0 Å². The van der Waals surface area contributed by atoms with Gasteiger partial charge in [0.05, 0.1) is 0 Å². The van der Waals surface area contributed by atoms with Gasteiger partial charge in [-0.2, -0.15) is 0 Å². The van der Waals surface area contributed by atoms with Gasteiger partial charge < -0.3 is 10.2 Å². The summed E-state index contributed by atoms with van der Waals surface area (Å²) in [6, 6.07) is 11.7. The summed E-state index contributed by atoms with van der Waals surface area (Å²) >= 11 is 0. The van der Waals surface area contributed by atoms with Crippen LogP contribution in [0.4, 0.5) is 0 Å². The quantitative estimate of drug-likeness (QED) is 0.589. The minimum Gasteiger partial charge on any atom is -0.508 e. The van der Waals surface area contributed by atoms with E-state index in [4.69, 9.17) is 0 Å². The van der Waals surface area contributed by atoms with Gasteiger partial charge in [0.2, 0.25) is 0 Å². The highest BCUT2D eigenvalue weighted by atomic mass is 16.3. The molecule has 0 aliphatic rings. The lowest BCUT2D eigenvalue weighted by atomic mass is 9.70. The predicted octanol–water partition coefficient (Wildman–Crippen LogP) is 6.72. The lowest BCUT2D eigenvalue weighted by Gasteiger charge is -2.34.